The van der Waals surface area contributed by atoms with Gasteiger partial charge in [-0.3, -0.25) is 4.79 Å². The minimum atomic E-state index is -3.70. The number of rotatable bonds is 5. The topological polar surface area (TPSA) is 84.5 Å². The average Bonchev–Trinajstić information content (AvgIpc) is 3.32. The molecule has 0 atom stereocenters. The van der Waals surface area contributed by atoms with E-state index in [4.69, 9.17) is 4.74 Å². The van der Waals surface area contributed by atoms with Gasteiger partial charge in [-0.2, -0.15) is 0 Å². The highest BCUT2D eigenvalue weighted by Gasteiger charge is 2.30. The van der Waals surface area contributed by atoms with Crippen molar-refractivity contribution >= 4 is 27.2 Å². The van der Waals surface area contributed by atoms with Crippen molar-refractivity contribution < 1.29 is 17.9 Å². The van der Waals surface area contributed by atoms with Crippen LogP contribution < -0.4 is 14.8 Å². The molecule has 1 saturated carbocycles. The molecule has 2 aromatic rings. The third kappa shape index (κ3) is 3.55. The molecule has 1 aliphatic carbocycles. The van der Waals surface area contributed by atoms with E-state index in [1.807, 2.05) is 12.1 Å². The van der Waals surface area contributed by atoms with Gasteiger partial charge in [-0.1, -0.05) is 17.7 Å². The van der Waals surface area contributed by atoms with Gasteiger partial charge in [0.15, 0.2) is 0 Å². The highest BCUT2D eigenvalue weighted by Crippen LogP contribution is 2.40. The molecule has 2 aromatic carbocycles. The number of amides is 1. The van der Waals surface area contributed by atoms with Crippen LogP contribution in [0.3, 0.4) is 0 Å². The molecule has 1 heterocycles. The second-order valence-corrected chi connectivity index (χ2v) is 8.79. The first-order valence-corrected chi connectivity index (χ1v) is 10.8. The Morgan fingerprint density at radius 2 is 1.79 bits per heavy atom. The van der Waals surface area contributed by atoms with E-state index < -0.39 is 10.0 Å². The van der Waals surface area contributed by atoms with Gasteiger partial charge >= 0.3 is 0 Å². The van der Waals surface area contributed by atoms with E-state index in [0.29, 0.717) is 16.8 Å². The molecule has 28 heavy (non-hydrogen) atoms. The molecule has 1 aliphatic heterocycles. The summed E-state index contributed by atoms with van der Waals surface area (Å²) in [6.07, 6.45) is 3.94. The monoisotopic (exact) mass is 398 g/mol. The van der Waals surface area contributed by atoms with Gasteiger partial charge in [0.05, 0.1) is 12.0 Å². The largest absolute Gasteiger partial charge is 0.497 e. The van der Waals surface area contributed by atoms with Crippen LogP contribution in [0.15, 0.2) is 52.9 Å². The highest BCUT2D eigenvalue weighted by atomic mass is 32.2. The maximum Gasteiger partial charge on any atom is 0.256 e. The van der Waals surface area contributed by atoms with Gasteiger partial charge in [0.2, 0.25) is 10.0 Å². The van der Waals surface area contributed by atoms with E-state index >= 15 is 0 Å². The Kier molecular flexibility index (Phi) is 4.95. The third-order valence-corrected chi connectivity index (χ3v) is 6.63. The fourth-order valence-corrected chi connectivity index (χ4v) is 4.76. The number of hydrogen-bond donors (Lipinski definition) is 2. The first-order chi connectivity index (χ1) is 13.5. The van der Waals surface area contributed by atoms with Crippen LogP contribution in [0.2, 0.25) is 0 Å². The van der Waals surface area contributed by atoms with Crippen molar-refractivity contribution in [1.29, 1.82) is 0 Å². The van der Waals surface area contributed by atoms with Crippen LogP contribution in [0.5, 0.6) is 5.75 Å². The number of nitrogens with one attached hydrogen (secondary N) is 2. The van der Waals surface area contributed by atoms with Crippen molar-refractivity contribution in [3.05, 3.63) is 59.2 Å². The number of carbonyl (C=O) groups excluding carboxylic acids is 1. The summed E-state index contributed by atoms with van der Waals surface area (Å²) in [7, 11) is -2.12. The first kappa shape index (κ1) is 18.7. The number of carbonyl (C=O) groups is 1. The predicted octanol–water partition coefficient (Wildman–Crippen LogP) is 3.45. The SMILES string of the molecule is COc1ccc(CNS(=O)(=O)c2ccc3c(c2)C(=C2CCCC2)C(=O)N3)cc1. The van der Waals surface area contributed by atoms with Crippen LogP contribution >= 0.6 is 0 Å². The van der Waals surface area contributed by atoms with E-state index in [-0.39, 0.29) is 17.3 Å². The molecule has 4 rings (SSSR count). The van der Waals surface area contributed by atoms with Crippen LogP contribution in [0.25, 0.3) is 5.57 Å². The van der Waals surface area contributed by atoms with E-state index in [1.54, 1.807) is 31.4 Å². The van der Waals surface area contributed by atoms with Gasteiger partial charge in [-0.25, -0.2) is 13.1 Å². The number of methoxy groups -OCH3 is 1. The average molecular weight is 398 g/mol. The predicted molar refractivity (Wildman–Crippen MR) is 107 cm³/mol. The number of hydrogen-bond acceptors (Lipinski definition) is 4. The Labute approximate surface area is 164 Å². The summed E-state index contributed by atoms with van der Waals surface area (Å²) in [6, 6.07) is 12.0. The minimum absolute atomic E-state index is 0.132. The van der Waals surface area contributed by atoms with Crippen molar-refractivity contribution in [3.63, 3.8) is 0 Å². The summed E-state index contributed by atoms with van der Waals surface area (Å²) >= 11 is 0. The lowest BCUT2D eigenvalue weighted by atomic mass is 10.00. The molecule has 0 aromatic heterocycles. The van der Waals surface area contributed by atoms with E-state index in [9.17, 15) is 13.2 Å². The van der Waals surface area contributed by atoms with Crippen LogP contribution in [0.1, 0.15) is 36.8 Å². The Balaban J connectivity index is 1.59. The number of benzene rings is 2. The Bertz CT molecular complexity index is 1050. The van der Waals surface area contributed by atoms with E-state index in [0.717, 1.165) is 42.6 Å². The van der Waals surface area contributed by atoms with E-state index in [1.165, 1.54) is 6.07 Å². The third-order valence-electron chi connectivity index (χ3n) is 5.23. The zero-order valence-electron chi connectivity index (χ0n) is 15.6. The Morgan fingerprint density at radius 1 is 1.07 bits per heavy atom. The smallest absolute Gasteiger partial charge is 0.256 e. The second kappa shape index (κ2) is 7.41. The molecule has 0 spiro atoms. The van der Waals surface area contributed by atoms with Gasteiger partial charge < -0.3 is 10.1 Å². The lowest BCUT2D eigenvalue weighted by molar-refractivity contribution is -0.110. The molecule has 1 fully saturated rings. The summed E-state index contributed by atoms with van der Waals surface area (Å²) in [4.78, 5) is 12.6. The summed E-state index contributed by atoms with van der Waals surface area (Å²) in [5.41, 5.74) is 3.97. The molecule has 6 nitrogen and oxygen atoms in total. The normalized spacial score (nSPS) is 16.2. The second-order valence-electron chi connectivity index (χ2n) is 7.02. The molecule has 146 valence electrons. The summed E-state index contributed by atoms with van der Waals surface area (Å²) in [5, 5.41) is 2.85. The lowest BCUT2D eigenvalue weighted by Crippen LogP contribution is -2.23. The molecule has 2 N–H and O–H groups in total. The molecule has 2 aliphatic rings. The molecule has 0 unspecified atom stereocenters. The molecule has 0 radical (unpaired) electrons. The van der Waals surface area contributed by atoms with E-state index in [2.05, 4.69) is 10.0 Å². The van der Waals surface area contributed by atoms with Gasteiger partial charge in [-0.05, 0) is 61.6 Å². The van der Waals surface area contributed by atoms with Crippen molar-refractivity contribution in [1.82, 2.24) is 4.72 Å². The lowest BCUT2D eigenvalue weighted by Gasteiger charge is -2.10. The van der Waals surface area contributed by atoms with Crippen molar-refractivity contribution in [2.45, 2.75) is 37.1 Å². The fourth-order valence-electron chi connectivity index (χ4n) is 3.72. The van der Waals surface area contributed by atoms with Crippen LogP contribution in [-0.4, -0.2) is 21.4 Å². The molecular formula is C21H22N2O4S. The van der Waals surface area contributed by atoms with Crippen molar-refractivity contribution in [2.75, 3.05) is 12.4 Å². The quantitative estimate of drug-likeness (QED) is 0.756. The molecule has 0 saturated heterocycles. The Morgan fingerprint density at radius 3 is 2.46 bits per heavy atom. The summed E-state index contributed by atoms with van der Waals surface area (Å²) < 4.78 is 33.3. The molecular weight excluding hydrogens is 376 g/mol. The zero-order chi connectivity index (χ0) is 19.7. The number of allylic oxidation sites excluding steroid dienone is 1. The maximum atomic E-state index is 12.8. The fraction of sp³-hybridized carbons (Fsp3) is 0.286. The van der Waals surface area contributed by atoms with Gasteiger partial charge in [0.25, 0.3) is 5.91 Å². The number of sulfonamides is 1. The van der Waals surface area contributed by atoms with Gasteiger partial charge in [0, 0.05) is 23.4 Å². The summed E-state index contributed by atoms with van der Waals surface area (Å²) in [6.45, 7) is 0.175. The Hall–Kier alpha value is -2.64. The maximum absolute atomic E-state index is 12.8. The highest BCUT2D eigenvalue weighted by molar-refractivity contribution is 7.89. The molecule has 7 heteroatoms. The molecule has 1 amide bonds. The summed E-state index contributed by atoms with van der Waals surface area (Å²) in [5.74, 6) is 0.586. The van der Waals surface area contributed by atoms with Gasteiger partial charge in [-0.15, -0.1) is 0 Å². The zero-order valence-corrected chi connectivity index (χ0v) is 16.4. The number of anilines is 1. The number of fused-ring (bicyclic) bond motifs is 1. The van der Waals surface area contributed by atoms with Crippen LogP contribution in [0.4, 0.5) is 5.69 Å². The minimum Gasteiger partial charge on any atom is -0.497 e. The van der Waals surface area contributed by atoms with Gasteiger partial charge in [0.1, 0.15) is 5.75 Å². The standard InChI is InChI=1S/C21H22N2O4S/c1-27-16-8-6-14(7-9-16)13-22-28(25,26)17-10-11-19-18(12-17)20(21(24)23-19)15-4-2-3-5-15/h6-12,22H,2-5,13H2,1H3,(H,23,24). The van der Waals surface area contributed by atoms with Crippen molar-refractivity contribution in [3.8, 4) is 5.75 Å². The number of ether oxygens (including phenoxy) is 1. The first-order valence-electron chi connectivity index (χ1n) is 9.28. The van der Waals surface area contributed by atoms with Crippen LogP contribution in [-0.2, 0) is 21.4 Å². The van der Waals surface area contributed by atoms with Crippen LogP contribution in [0, 0.1) is 0 Å². The molecule has 0 bridgehead atoms. The van der Waals surface area contributed by atoms with Crippen molar-refractivity contribution in [2.24, 2.45) is 0 Å².